The number of aromatic nitrogens is 2. The fourth-order valence-corrected chi connectivity index (χ4v) is 3.35. The van der Waals surface area contributed by atoms with E-state index in [1.165, 1.54) is 18.1 Å². The smallest absolute Gasteiger partial charge is 0.152 e. The van der Waals surface area contributed by atoms with Gasteiger partial charge in [-0.15, -0.1) is 0 Å². The quantitative estimate of drug-likeness (QED) is 0.629. The van der Waals surface area contributed by atoms with Gasteiger partial charge in [0, 0.05) is 5.39 Å². The first-order valence-corrected chi connectivity index (χ1v) is 7.57. The van der Waals surface area contributed by atoms with E-state index in [0.717, 1.165) is 10.9 Å². The van der Waals surface area contributed by atoms with Crippen LogP contribution in [0.5, 0.6) is 0 Å². The molecule has 1 aromatic heterocycles. The van der Waals surface area contributed by atoms with Crippen LogP contribution in [0.4, 0.5) is 4.39 Å². The van der Waals surface area contributed by atoms with Crippen molar-refractivity contribution in [3.8, 4) is 6.07 Å². The minimum atomic E-state index is -0.457. The first-order chi connectivity index (χ1) is 10.2. The second-order valence-electron chi connectivity index (χ2n) is 4.15. The highest BCUT2D eigenvalue weighted by Gasteiger charge is 2.14. The minimum absolute atomic E-state index is 0.174. The van der Waals surface area contributed by atoms with E-state index in [4.69, 9.17) is 5.26 Å². The molecule has 0 fully saturated rings. The minimum Gasteiger partial charge on any atom is -0.236 e. The third-order valence-corrected chi connectivity index (χ3v) is 4.71. The Kier molecular flexibility index (Phi) is 3.86. The Hall–Kier alpha value is -1.97. The zero-order valence-electron chi connectivity index (χ0n) is 10.5. The molecule has 0 atom stereocenters. The molecule has 0 aliphatic heterocycles. The van der Waals surface area contributed by atoms with Crippen LogP contribution >= 0.6 is 27.7 Å². The molecule has 21 heavy (non-hydrogen) atoms. The summed E-state index contributed by atoms with van der Waals surface area (Å²) in [5.41, 5.74) is 1.08. The number of hydrogen-bond acceptors (Lipinski definition) is 4. The average molecular weight is 360 g/mol. The van der Waals surface area contributed by atoms with Crippen LogP contribution in [-0.2, 0) is 0 Å². The summed E-state index contributed by atoms with van der Waals surface area (Å²) in [5, 5.41) is 10.4. The highest BCUT2D eigenvalue weighted by molar-refractivity contribution is 9.10. The lowest BCUT2D eigenvalue weighted by atomic mass is 10.2. The van der Waals surface area contributed by atoms with Gasteiger partial charge in [-0.05, 0) is 34.1 Å². The molecule has 3 aromatic rings. The van der Waals surface area contributed by atoms with Gasteiger partial charge in [0.25, 0.3) is 0 Å². The predicted molar refractivity (Wildman–Crippen MR) is 82.5 cm³/mol. The largest absolute Gasteiger partial charge is 0.236 e. The molecule has 0 radical (unpaired) electrons. The zero-order valence-corrected chi connectivity index (χ0v) is 12.9. The predicted octanol–water partition coefficient (Wildman–Crippen LogP) is 4.55. The van der Waals surface area contributed by atoms with Gasteiger partial charge < -0.3 is 0 Å². The van der Waals surface area contributed by atoms with E-state index in [9.17, 15) is 4.39 Å². The summed E-state index contributed by atoms with van der Waals surface area (Å²) in [6.45, 7) is 0. The third kappa shape index (κ3) is 2.62. The molecule has 0 saturated carbocycles. The van der Waals surface area contributed by atoms with E-state index in [1.54, 1.807) is 12.1 Å². The number of nitriles is 1. The van der Waals surface area contributed by atoms with E-state index in [2.05, 4.69) is 25.9 Å². The van der Waals surface area contributed by atoms with Crippen molar-refractivity contribution < 1.29 is 4.39 Å². The van der Waals surface area contributed by atoms with Crippen molar-refractivity contribution in [2.75, 3.05) is 0 Å². The second-order valence-corrected chi connectivity index (χ2v) is 5.97. The summed E-state index contributed by atoms with van der Waals surface area (Å²) >= 11 is 4.32. The summed E-state index contributed by atoms with van der Waals surface area (Å²) < 4.78 is 14.4. The molecular weight excluding hydrogens is 353 g/mol. The molecule has 2 aromatic carbocycles. The molecule has 3 rings (SSSR count). The fraction of sp³-hybridized carbons (Fsp3) is 0. The van der Waals surface area contributed by atoms with Gasteiger partial charge in [0.05, 0.1) is 20.4 Å². The van der Waals surface area contributed by atoms with E-state index in [1.807, 2.05) is 30.3 Å². The van der Waals surface area contributed by atoms with Crippen LogP contribution in [-0.4, -0.2) is 9.97 Å². The molecule has 0 N–H and O–H groups in total. The number of hydrogen-bond donors (Lipinski definition) is 0. The zero-order chi connectivity index (χ0) is 14.8. The maximum absolute atomic E-state index is 14.3. The Bertz CT molecular complexity index is 871. The molecule has 3 nitrogen and oxygen atoms in total. The lowest BCUT2D eigenvalue weighted by molar-refractivity contribution is 0.594. The normalized spacial score (nSPS) is 10.5. The summed E-state index contributed by atoms with van der Waals surface area (Å²) in [4.78, 5) is 8.81. The summed E-state index contributed by atoms with van der Waals surface area (Å²) in [6.07, 6.45) is 1.46. The number of fused-ring (bicyclic) bond motifs is 1. The Labute approximate surface area is 133 Å². The lowest BCUT2D eigenvalue weighted by Gasteiger charge is -2.07. The van der Waals surface area contributed by atoms with Gasteiger partial charge in [0.1, 0.15) is 17.4 Å². The van der Waals surface area contributed by atoms with Crippen LogP contribution in [0.2, 0.25) is 0 Å². The van der Waals surface area contributed by atoms with Gasteiger partial charge in [-0.2, -0.15) is 5.26 Å². The van der Waals surface area contributed by atoms with E-state index in [0.29, 0.717) is 9.92 Å². The Balaban J connectivity index is 2.08. The molecule has 1 heterocycles. The standard InChI is InChI=1S/C15H7BrFN3S/c16-13-9(7-18)5-6-12(14(13)17)21-15-10-3-1-2-4-11(10)19-8-20-15/h1-6,8H. The van der Waals surface area contributed by atoms with E-state index < -0.39 is 5.82 Å². The fourth-order valence-electron chi connectivity index (χ4n) is 1.86. The van der Waals surface area contributed by atoms with Crippen LogP contribution < -0.4 is 0 Å². The van der Waals surface area contributed by atoms with Gasteiger partial charge in [-0.25, -0.2) is 14.4 Å². The van der Waals surface area contributed by atoms with Gasteiger partial charge in [-0.1, -0.05) is 30.0 Å². The van der Waals surface area contributed by atoms with E-state index >= 15 is 0 Å². The summed E-state index contributed by atoms with van der Waals surface area (Å²) in [7, 11) is 0. The van der Waals surface area contributed by atoms with Crippen molar-refractivity contribution in [1.29, 1.82) is 5.26 Å². The van der Waals surface area contributed by atoms with Crippen LogP contribution in [0.1, 0.15) is 5.56 Å². The first kappa shape index (κ1) is 14.0. The maximum atomic E-state index is 14.3. The molecule has 0 saturated heterocycles. The highest BCUT2D eigenvalue weighted by Crippen LogP contribution is 2.35. The monoisotopic (exact) mass is 359 g/mol. The summed E-state index contributed by atoms with van der Waals surface area (Å²) in [5.74, 6) is -0.457. The Morgan fingerprint density at radius 1 is 1.14 bits per heavy atom. The molecule has 102 valence electrons. The number of halogens is 2. The molecule has 0 spiro atoms. The van der Waals surface area contributed by atoms with Crippen LogP contribution in [0.3, 0.4) is 0 Å². The van der Waals surface area contributed by atoms with Crippen LogP contribution in [0, 0.1) is 17.1 Å². The Morgan fingerprint density at radius 2 is 1.95 bits per heavy atom. The second kappa shape index (κ2) is 5.80. The van der Waals surface area contributed by atoms with E-state index in [-0.39, 0.29) is 10.0 Å². The number of nitrogens with zero attached hydrogens (tertiary/aromatic N) is 3. The molecule has 0 aliphatic carbocycles. The highest BCUT2D eigenvalue weighted by atomic mass is 79.9. The molecule has 0 amide bonds. The van der Waals surface area contributed by atoms with Crippen molar-refractivity contribution in [1.82, 2.24) is 9.97 Å². The van der Waals surface area contributed by atoms with Gasteiger partial charge >= 0.3 is 0 Å². The van der Waals surface area contributed by atoms with Crippen molar-refractivity contribution >= 4 is 38.6 Å². The van der Waals surface area contributed by atoms with Gasteiger partial charge in [0.15, 0.2) is 5.82 Å². The third-order valence-electron chi connectivity index (χ3n) is 2.88. The average Bonchev–Trinajstić information content (AvgIpc) is 2.52. The molecular formula is C15H7BrFN3S. The van der Waals surface area contributed by atoms with Crippen molar-refractivity contribution in [3.05, 3.63) is 58.6 Å². The molecule has 6 heteroatoms. The van der Waals surface area contributed by atoms with Crippen molar-refractivity contribution in [2.24, 2.45) is 0 Å². The SMILES string of the molecule is N#Cc1ccc(Sc2ncnc3ccccc23)c(F)c1Br. The van der Waals surface area contributed by atoms with Crippen molar-refractivity contribution in [2.45, 2.75) is 9.92 Å². The number of para-hydroxylation sites is 1. The number of benzene rings is 2. The topological polar surface area (TPSA) is 49.6 Å². The summed E-state index contributed by atoms with van der Waals surface area (Å²) in [6, 6.07) is 12.7. The van der Waals surface area contributed by atoms with Gasteiger partial charge in [-0.3, -0.25) is 0 Å². The van der Waals surface area contributed by atoms with Crippen molar-refractivity contribution in [3.63, 3.8) is 0 Å². The van der Waals surface area contributed by atoms with Gasteiger partial charge in [0.2, 0.25) is 0 Å². The van der Waals surface area contributed by atoms with Crippen LogP contribution in [0.25, 0.3) is 10.9 Å². The molecule has 0 aliphatic rings. The Morgan fingerprint density at radius 3 is 2.76 bits per heavy atom. The number of rotatable bonds is 2. The maximum Gasteiger partial charge on any atom is 0.152 e. The lowest BCUT2D eigenvalue weighted by Crippen LogP contribution is -1.90. The van der Waals surface area contributed by atoms with Crippen LogP contribution in [0.15, 0.2) is 57.1 Å². The first-order valence-electron chi connectivity index (χ1n) is 5.96. The molecule has 0 unspecified atom stereocenters. The molecule has 0 bridgehead atoms.